The van der Waals surface area contributed by atoms with E-state index in [4.69, 9.17) is 4.89 Å². The van der Waals surface area contributed by atoms with Crippen LogP contribution in [-0.2, 0) is 4.57 Å². The molecule has 0 heterocycles. The summed E-state index contributed by atoms with van der Waals surface area (Å²) in [6, 6.07) is 0. The lowest BCUT2D eigenvalue weighted by Crippen LogP contribution is -1.84. The molecule has 6 heavy (non-hydrogen) atoms. The van der Waals surface area contributed by atoms with Gasteiger partial charge in [-0.15, -0.1) is 4.61 Å². The lowest BCUT2D eigenvalue weighted by molar-refractivity contribution is 0.493. The Bertz CT molecular complexity index is 75.6. The number of hydrogen-bond acceptors (Lipinski definition) is 1. The molecule has 0 aliphatic heterocycles. The number of rotatable bonds is 1. The normalized spacial score (nSPS) is 19.8. The lowest BCUT2D eigenvalue weighted by Gasteiger charge is -1.90. The van der Waals surface area contributed by atoms with Crippen LogP contribution in [0.3, 0.4) is 0 Å². The summed E-state index contributed by atoms with van der Waals surface area (Å²) < 4.78 is 11.1. The van der Waals surface area contributed by atoms with E-state index in [9.17, 15) is 4.57 Å². The van der Waals surface area contributed by atoms with Gasteiger partial charge in [-0.25, -0.2) is 0 Å². The third-order valence-electron chi connectivity index (χ3n) is 0.104. The minimum absolute atomic E-state index is 1.45. The maximum atomic E-state index is 9.66. The fourth-order valence-corrected chi connectivity index (χ4v) is 0. The highest BCUT2D eigenvalue weighted by Crippen LogP contribution is 2.41. The van der Waals surface area contributed by atoms with E-state index >= 15 is 0 Å². The molecule has 38 valence electrons. The van der Waals surface area contributed by atoms with Crippen molar-refractivity contribution in [1.82, 2.24) is 4.61 Å². The van der Waals surface area contributed by atoms with Crippen molar-refractivity contribution in [3.05, 3.63) is 0 Å². The van der Waals surface area contributed by atoms with Gasteiger partial charge in [-0.3, -0.25) is 4.57 Å². The summed E-state index contributed by atoms with van der Waals surface area (Å²) in [6.07, 6.45) is 0. The molecule has 0 aromatic rings. The molecular formula is H2Cl2NO2P. The predicted molar refractivity (Wildman–Crippen MR) is 24.7 cm³/mol. The van der Waals surface area contributed by atoms with Crippen LogP contribution in [0.1, 0.15) is 0 Å². The zero-order valence-electron chi connectivity index (χ0n) is 2.56. The topological polar surface area (TPSA) is 49.3 Å². The molecule has 0 aliphatic rings. The second kappa shape index (κ2) is 2.15. The van der Waals surface area contributed by atoms with Crippen molar-refractivity contribution in [3.8, 4) is 0 Å². The van der Waals surface area contributed by atoms with E-state index < -0.39 is 6.87 Å². The quantitative estimate of drug-likeness (QED) is 0.434. The van der Waals surface area contributed by atoms with Crippen LogP contribution in [-0.4, -0.2) is 4.89 Å². The first kappa shape index (κ1) is 6.73. The molecule has 0 aromatic carbocycles. The summed E-state index contributed by atoms with van der Waals surface area (Å²) in [5, 5.41) is 0. The van der Waals surface area contributed by atoms with Crippen LogP contribution < -0.4 is 4.61 Å². The Morgan fingerprint density at radius 3 is 2.00 bits per heavy atom. The summed E-state index contributed by atoms with van der Waals surface area (Å²) in [6.45, 7) is -3.66. The average molecular weight is 150 g/mol. The second-order valence-electron chi connectivity index (χ2n) is 0.587. The Balaban J connectivity index is 3.48. The van der Waals surface area contributed by atoms with E-state index in [0.717, 1.165) is 0 Å². The van der Waals surface area contributed by atoms with Gasteiger partial charge in [0.1, 0.15) is 0 Å². The van der Waals surface area contributed by atoms with Crippen molar-refractivity contribution >= 4 is 29.9 Å². The largest absolute Gasteiger partial charge is 0.371 e. The predicted octanol–water partition coefficient (Wildman–Crippen LogP) is 1.07. The van der Waals surface area contributed by atoms with E-state index in [0.29, 0.717) is 0 Å². The van der Waals surface area contributed by atoms with Gasteiger partial charge in [-0.05, 0) is 23.0 Å². The highest BCUT2D eigenvalue weighted by Gasteiger charge is 2.07. The van der Waals surface area contributed by atoms with Crippen molar-refractivity contribution in [3.63, 3.8) is 0 Å². The van der Waals surface area contributed by atoms with Gasteiger partial charge < -0.3 is 4.89 Å². The standard InChI is InChI=1S/Cl2H2NO2P/c1-3-6(2,4)5/h(H2,3,4,5). The fraction of sp³-hybridized carbons (Fsp3) is 0. The maximum absolute atomic E-state index is 9.66. The molecule has 1 unspecified atom stereocenters. The van der Waals surface area contributed by atoms with Crippen LogP contribution in [0.25, 0.3) is 0 Å². The Labute approximate surface area is 44.7 Å². The Hall–Kier alpha value is 0.730. The first-order valence-corrected chi connectivity index (χ1v) is 3.91. The molecule has 0 spiro atoms. The summed E-state index contributed by atoms with van der Waals surface area (Å²) in [5.74, 6) is 0. The highest BCUT2D eigenvalue weighted by atomic mass is 35.7. The second-order valence-corrected chi connectivity index (χ2v) is 3.64. The summed E-state index contributed by atoms with van der Waals surface area (Å²) in [7, 11) is 0. The van der Waals surface area contributed by atoms with Gasteiger partial charge >= 0.3 is 6.87 Å². The van der Waals surface area contributed by atoms with Crippen molar-refractivity contribution in [2.75, 3.05) is 0 Å². The van der Waals surface area contributed by atoms with Gasteiger partial charge in [0.2, 0.25) is 0 Å². The smallest absolute Gasteiger partial charge is 0.321 e. The lowest BCUT2D eigenvalue weighted by atomic mass is 13.9. The molecule has 6 heteroatoms. The molecule has 3 nitrogen and oxygen atoms in total. The van der Waals surface area contributed by atoms with Gasteiger partial charge in [-0.1, -0.05) is 0 Å². The van der Waals surface area contributed by atoms with E-state index in [-0.39, 0.29) is 0 Å². The van der Waals surface area contributed by atoms with Crippen LogP contribution in [0.15, 0.2) is 0 Å². The fourth-order valence-electron chi connectivity index (χ4n) is 0. The molecule has 0 amide bonds. The van der Waals surface area contributed by atoms with Crippen molar-refractivity contribution in [2.24, 2.45) is 0 Å². The minimum atomic E-state index is -3.66. The van der Waals surface area contributed by atoms with E-state index in [2.05, 4.69) is 23.0 Å². The summed E-state index contributed by atoms with van der Waals surface area (Å²) in [5.41, 5.74) is 0. The third-order valence-corrected chi connectivity index (χ3v) is 1.51. The summed E-state index contributed by atoms with van der Waals surface area (Å²) in [4.78, 5) is 7.90. The van der Waals surface area contributed by atoms with Gasteiger partial charge in [-0.2, -0.15) is 0 Å². The molecule has 2 N–H and O–H groups in total. The Morgan fingerprint density at radius 2 is 2.00 bits per heavy atom. The monoisotopic (exact) mass is 149 g/mol. The molecule has 0 aromatic heterocycles. The number of nitrogens with one attached hydrogen (secondary N) is 1. The molecule has 0 saturated carbocycles. The molecule has 0 rings (SSSR count). The molecular weight excluding hydrogens is 148 g/mol. The molecule has 0 radical (unpaired) electrons. The van der Waals surface area contributed by atoms with Crippen LogP contribution in [0.4, 0.5) is 0 Å². The van der Waals surface area contributed by atoms with Gasteiger partial charge in [0.05, 0.1) is 0 Å². The molecule has 0 aliphatic carbocycles. The molecule has 0 saturated heterocycles. The summed E-state index contributed by atoms with van der Waals surface area (Å²) >= 11 is 9.17. The van der Waals surface area contributed by atoms with Crippen molar-refractivity contribution in [1.29, 1.82) is 0 Å². The highest BCUT2D eigenvalue weighted by molar-refractivity contribution is 7.83. The number of halogens is 2. The van der Waals surface area contributed by atoms with Crippen LogP contribution >= 0.6 is 29.9 Å². The van der Waals surface area contributed by atoms with Gasteiger partial charge in [0.25, 0.3) is 0 Å². The molecule has 0 bridgehead atoms. The van der Waals surface area contributed by atoms with Crippen LogP contribution in [0, 0.1) is 0 Å². The first-order chi connectivity index (χ1) is 2.56. The van der Waals surface area contributed by atoms with Crippen molar-refractivity contribution in [2.45, 2.75) is 0 Å². The van der Waals surface area contributed by atoms with Gasteiger partial charge in [0.15, 0.2) is 0 Å². The Morgan fingerprint density at radius 1 is 1.83 bits per heavy atom. The zero-order valence-corrected chi connectivity index (χ0v) is 4.96. The maximum Gasteiger partial charge on any atom is 0.371 e. The third kappa shape index (κ3) is 4.73. The van der Waals surface area contributed by atoms with Crippen LogP contribution in [0.5, 0.6) is 0 Å². The zero-order chi connectivity index (χ0) is 5.21. The van der Waals surface area contributed by atoms with E-state index in [1.807, 2.05) is 0 Å². The molecule has 1 atom stereocenters. The Kier molecular flexibility index (Phi) is 2.41. The van der Waals surface area contributed by atoms with E-state index in [1.165, 1.54) is 4.61 Å². The first-order valence-electron chi connectivity index (χ1n) is 0.964. The SMILES string of the molecule is O=P(O)(Cl)NCl. The molecule has 0 fully saturated rings. The van der Waals surface area contributed by atoms with Crippen molar-refractivity contribution < 1.29 is 9.46 Å². The average Bonchev–Trinajstić information content (AvgIpc) is 1.35. The van der Waals surface area contributed by atoms with E-state index in [1.54, 1.807) is 0 Å². The number of hydrogen-bond donors (Lipinski definition) is 2. The minimum Gasteiger partial charge on any atom is -0.321 e. The van der Waals surface area contributed by atoms with Gasteiger partial charge in [0, 0.05) is 0 Å². The van der Waals surface area contributed by atoms with Crippen LogP contribution in [0.2, 0.25) is 0 Å².